The summed E-state index contributed by atoms with van der Waals surface area (Å²) in [6, 6.07) is 0. The smallest absolute Gasteiger partial charge is 0.184 e. The van der Waals surface area contributed by atoms with Gasteiger partial charge in [0.15, 0.2) is 6.29 Å². The van der Waals surface area contributed by atoms with Crippen LogP contribution in [-0.2, 0) is 9.47 Å². The van der Waals surface area contributed by atoms with Crippen LogP contribution in [-0.4, -0.2) is 53.1 Å². The largest absolute Gasteiger partial charge is 0.394 e. The van der Waals surface area contributed by atoms with Crippen LogP contribution >= 0.6 is 0 Å². The highest BCUT2D eigenvalue weighted by atomic mass is 16.7. The molecule has 5 heteroatoms. The van der Waals surface area contributed by atoms with Crippen LogP contribution in [0.3, 0.4) is 0 Å². The molecule has 0 amide bonds. The van der Waals surface area contributed by atoms with Gasteiger partial charge in [0, 0.05) is 0 Å². The standard InChI is InChI=1S/C8H12O5/c1-2-3-12-7-6(10)5(4-9)13-8(7)11/h1,5-11H,3-4H2/t5-,6-,7-,8-/m1/s1. The molecule has 0 aliphatic carbocycles. The fourth-order valence-electron chi connectivity index (χ4n) is 1.19. The van der Waals surface area contributed by atoms with E-state index in [0.717, 1.165) is 0 Å². The van der Waals surface area contributed by atoms with Crippen molar-refractivity contribution in [3.63, 3.8) is 0 Å². The van der Waals surface area contributed by atoms with E-state index in [9.17, 15) is 10.2 Å². The van der Waals surface area contributed by atoms with Crippen LogP contribution in [0.4, 0.5) is 0 Å². The summed E-state index contributed by atoms with van der Waals surface area (Å²) < 4.78 is 9.73. The van der Waals surface area contributed by atoms with Crippen molar-refractivity contribution >= 4 is 0 Å². The third kappa shape index (κ3) is 2.18. The Bertz CT molecular complexity index is 199. The Morgan fingerprint density at radius 1 is 1.46 bits per heavy atom. The number of aliphatic hydroxyl groups is 3. The molecule has 0 aromatic rings. The third-order valence-electron chi connectivity index (χ3n) is 1.85. The van der Waals surface area contributed by atoms with Crippen LogP contribution in [0, 0.1) is 12.3 Å². The van der Waals surface area contributed by atoms with Crippen LogP contribution in [0.5, 0.6) is 0 Å². The Labute approximate surface area is 75.9 Å². The molecule has 13 heavy (non-hydrogen) atoms. The van der Waals surface area contributed by atoms with Gasteiger partial charge in [0.05, 0.1) is 6.61 Å². The van der Waals surface area contributed by atoms with Gasteiger partial charge < -0.3 is 24.8 Å². The molecule has 1 heterocycles. The molecule has 3 N–H and O–H groups in total. The van der Waals surface area contributed by atoms with Crippen LogP contribution < -0.4 is 0 Å². The number of hydrogen-bond donors (Lipinski definition) is 3. The van der Waals surface area contributed by atoms with Gasteiger partial charge >= 0.3 is 0 Å². The van der Waals surface area contributed by atoms with Crippen molar-refractivity contribution in [3.05, 3.63) is 0 Å². The van der Waals surface area contributed by atoms with Gasteiger partial charge in [-0.2, -0.15) is 0 Å². The molecule has 1 saturated heterocycles. The lowest BCUT2D eigenvalue weighted by molar-refractivity contribution is -0.143. The van der Waals surface area contributed by atoms with E-state index in [4.69, 9.17) is 21.0 Å². The summed E-state index contributed by atoms with van der Waals surface area (Å²) in [5.41, 5.74) is 0. The monoisotopic (exact) mass is 188 g/mol. The predicted octanol–water partition coefficient (Wildman–Crippen LogP) is -1.92. The van der Waals surface area contributed by atoms with E-state index in [-0.39, 0.29) is 13.2 Å². The topological polar surface area (TPSA) is 79.2 Å². The van der Waals surface area contributed by atoms with Crippen LogP contribution in [0.15, 0.2) is 0 Å². The van der Waals surface area contributed by atoms with E-state index < -0.39 is 24.6 Å². The molecule has 1 aliphatic rings. The average molecular weight is 188 g/mol. The number of ether oxygens (including phenoxy) is 2. The fraction of sp³-hybridized carbons (Fsp3) is 0.750. The first kappa shape index (κ1) is 10.4. The van der Waals surface area contributed by atoms with Crippen LogP contribution in [0.25, 0.3) is 0 Å². The summed E-state index contributed by atoms with van der Waals surface area (Å²) in [5, 5.41) is 27.3. The van der Waals surface area contributed by atoms with Gasteiger partial charge in [-0.3, -0.25) is 0 Å². The van der Waals surface area contributed by atoms with E-state index >= 15 is 0 Å². The van der Waals surface area contributed by atoms with Gasteiger partial charge in [0.25, 0.3) is 0 Å². The molecule has 0 bridgehead atoms. The summed E-state index contributed by atoms with van der Waals surface area (Å²) in [6.07, 6.45) is 0.964. The molecule has 4 atom stereocenters. The maximum absolute atomic E-state index is 9.41. The maximum Gasteiger partial charge on any atom is 0.184 e. The molecule has 1 fully saturated rings. The SMILES string of the molecule is C#CCO[C@@H]1[C@H](O)[C@@H](CO)O[C@H]1O. The summed E-state index contributed by atoms with van der Waals surface area (Å²) in [5.74, 6) is 2.21. The molecule has 74 valence electrons. The van der Waals surface area contributed by atoms with Crippen molar-refractivity contribution in [2.75, 3.05) is 13.2 Å². The molecular formula is C8H12O5. The van der Waals surface area contributed by atoms with E-state index in [0.29, 0.717) is 0 Å². The quantitative estimate of drug-likeness (QED) is 0.450. The molecule has 0 unspecified atom stereocenters. The van der Waals surface area contributed by atoms with E-state index in [1.807, 2.05) is 0 Å². The van der Waals surface area contributed by atoms with E-state index in [1.165, 1.54) is 0 Å². The minimum absolute atomic E-state index is 0.0136. The first-order valence-electron chi connectivity index (χ1n) is 3.88. The molecule has 1 aliphatic heterocycles. The fourth-order valence-corrected chi connectivity index (χ4v) is 1.19. The lowest BCUT2D eigenvalue weighted by Gasteiger charge is -2.15. The lowest BCUT2D eigenvalue weighted by Crippen LogP contribution is -2.36. The number of aliphatic hydroxyl groups excluding tert-OH is 3. The molecule has 0 aromatic heterocycles. The van der Waals surface area contributed by atoms with Gasteiger partial charge in [-0.05, 0) is 0 Å². The zero-order chi connectivity index (χ0) is 9.84. The Morgan fingerprint density at radius 3 is 2.62 bits per heavy atom. The lowest BCUT2D eigenvalue weighted by atomic mass is 10.1. The first-order valence-corrected chi connectivity index (χ1v) is 3.88. The van der Waals surface area contributed by atoms with E-state index in [1.54, 1.807) is 0 Å². The highest BCUT2D eigenvalue weighted by Gasteiger charge is 2.43. The van der Waals surface area contributed by atoms with Crippen molar-refractivity contribution in [3.8, 4) is 12.3 Å². The summed E-state index contributed by atoms with van der Waals surface area (Å²) >= 11 is 0. The summed E-state index contributed by atoms with van der Waals surface area (Å²) in [4.78, 5) is 0. The van der Waals surface area contributed by atoms with Gasteiger partial charge in [0.1, 0.15) is 24.9 Å². The van der Waals surface area contributed by atoms with E-state index in [2.05, 4.69) is 5.92 Å². The second-order valence-electron chi connectivity index (χ2n) is 2.72. The summed E-state index contributed by atoms with van der Waals surface area (Å²) in [7, 11) is 0. The molecule has 5 nitrogen and oxygen atoms in total. The van der Waals surface area contributed by atoms with Gasteiger partial charge in [0.2, 0.25) is 0 Å². The second kappa shape index (κ2) is 4.56. The van der Waals surface area contributed by atoms with Crippen molar-refractivity contribution < 1.29 is 24.8 Å². The number of rotatable bonds is 3. The minimum atomic E-state index is -1.24. The van der Waals surface area contributed by atoms with Crippen molar-refractivity contribution in [1.82, 2.24) is 0 Å². The van der Waals surface area contributed by atoms with Crippen molar-refractivity contribution in [2.24, 2.45) is 0 Å². The Kier molecular flexibility index (Phi) is 3.66. The third-order valence-corrected chi connectivity index (χ3v) is 1.85. The zero-order valence-corrected chi connectivity index (χ0v) is 6.96. The van der Waals surface area contributed by atoms with Gasteiger partial charge in [-0.15, -0.1) is 6.42 Å². The van der Waals surface area contributed by atoms with Crippen molar-refractivity contribution in [2.45, 2.75) is 24.6 Å². The summed E-state index contributed by atoms with van der Waals surface area (Å²) in [6.45, 7) is -0.381. The highest BCUT2D eigenvalue weighted by Crippen LogP contribution is 2.21. The maximum atomic E-state index is 9.41. The Morgan fingerprint density at radius 2 is 2.15 bits per heavy atom. The Hall–Kier alpha value is -0.640. The van der Waals surface area contributed by atoms with Crippen LogP contribution in [0.2, 0.25) is 0 Å². The molecule has 1 rings (SSSR count). The predicted molar refractivity (Wildman–Crippen MR) is 42.5 cm³/mol. The highest BCUT2D eigenvalue weighted by molar-refractivity contribution is 4.90. The number of hydrogen-bond acceptors (Lipinski definition) is 5. The van der Waals surface area contributed by atoms with Gasteiger partial charge in [-0.25, -0.2) is 0 Å². The molecular weight excluding hydrogens is 176 g/mol. The molecule has 0 spiro atoms. The number of terminal acetylenes is 1. The molecule has 0 saturated carbocycles. The zero-order valence-electron chi connectivity index (χ0n) is 6.96. The first-order chi connectivity index (χ1) is 6.20. The van der Waals surface area contributed by atoms with Crippen molar-refractivity contribution in [1.29, 1.82) is 0 Å². The molecule has 0 aromatic carbocycles. The Balaban J connectivity index is 2.49. The second-order valence-corrected chi connectivity index (χ2v) is 2.72. The van der Waals surface area contributed by atoms with Crippen LogP contribution in [0.1, 0.15) is 0 Å². The minimum Gasteiger partial charge on any atom is -0.394 e. The average Bonchev–Trinajstić information content (AvgIpc) is 2.39. The van der Waals surface area contributed by atoms with Gasteiger partial charge in [-0.1, -0.05) is 5.92 Å². The molecule has 0 radical (unpaired) electrons. The normalized spacial score (nSPS) is 38.9.